The topological polar surface area (TPSA) is 38.3 Å². The maximum absolute atomic E-state index is 13.0. The number of aryl methyl sites for hydroxylation is 1. The van der Waals surface area contributed by atoms with Crippen LogP contribution in [-0.4, -0.2) is 12.4 Å². The molecule has 3 nitrogen and oxygen atoms in total. The van der Waals surface area contributed by atoms with Crippen LogP contribution in [0.15, 0.2) is 77.3 Å². The van der Waals surface area contributed by atoms with E-state index in [2.05, 4.69) is 28.2 Å². The van der Waals surface area contributed by atoms with Crippen LogP contribution in [0.5, 0.6) is 5.75 Å². The zero-order chi connectivity index (χ0) is 21.3. The number of hydrogen-bond acceptors (Lipinski definition) is 3. The summed E-state index contributed by atoms with van der Waals surface area (Å²) in [4.78, 5) is 13.0. The Kier molecular flexibility index (Phi) is 8.09. The van der Waals surface area contributed by atoms with Crippen molar-refractivity contribution in [1.29, 1.82) is 0 Å². The summed E-state index contributed by atoms with van der Waals surface area (Å²) in [5, 5.41) is 3.52. The summed E-state index contributed by atoms with van der Waals surface area (Å²) in [6.45, 7) is 4.90. The Balaban J connectivity index is 1.78. The Morgan fingerprint density at radius 3 is 2.27 bits per heavy atom. The lowest BCUT2D eigenvalue weighted by Gasteiger charge is -2.21. The molecule has 4 heteroatoms. The lowest BCUT2D eigenvalue weighted by Crippen LogP contribution is -2.16. The number of carbonyl (C=O) groups is 1. The molecule has 0 saturated carbocycles. The summed E-state index contributed by atoms with van der Waals surface area (Å²) >= 11 is 3.47. The van der Waals surface area contributed by atoms with Crippen molar-refractivity contribution >= 4 is 27.4 Å². The summed E-state index contributed by atoms with van der Waals surface area (Å²) in [5.74, 6) is 0.979. The summed E-state index contributed by atoms with van der Waals surface area (Å²) < 4.78 is 6.80. The summed E-state index contributed by atoms with van der Waals surface area (Å²) in [6.07, 6.45) is 2.52. The van der Waals surface area contributed by atoms with Crippen molar-refractivity contribution in [2.24, 2.45) is 0 Å². The van der Waals surface area contributed by atoms with Gasteiger partial charge in [0, 0.05) is 22.1 Å². The van der Waals surface area contributed by atoms with Gasteiger partial charge in [-0.3, -0.25) is 4.79 Å². The smallest absolute Gasteiger partial charge is 0.165 e. The maximum atomic E-state index is 13.0. The van der Waals surface area contributed by atoms with Gasteiger partial charge in [-0.25, -0.2) is 0 Å². The van der Waals surface area contributed by atoms with Crippen LogP contribution in [0, 0.1) is 6.92 Å². The van der Waals surface area contributed by atoms with Gasteiger partial charge in [0.15, 0.2) is 5.78 Å². The van der Waals surface area contributed by atoms with Crippen LogP contribution >= 0.6 is 15.9 Å². The normalized spacial score (nSPS) is 11.7. The predicted molar refractivity (Wildman–Crippen MR) is 127 cm³/mol. The van der Waals surface area contributed by atoms with Crippen molar-refractivity contribution in [2.45, 2.75) is 39.2 Å². The van der Waals surface area contributed by atoms with E-state index in [0.29, 0.717) is 6.42 Å². The van der Waals surface area contributed by atoms with E-state index < -0.39 is 0 Å². The van der Waals surface area contributed by atoms with E-state index in [1.807, 2.05) is 79.7 Å². The number of benzene rings is 3. The van der Waals surface area contributed by atoms with Crippen molar-refractivity contribution in [3.05, 3.63) is 94.0 Å². The molecule has 156 valence electrons. The molecule has 0 heterocycles. The number of Topliss-reactive ketones (excluding diaryl/α,β-unsaturated/α-hetero) is 1. The highest BCUT2D eigenvalue weighted by atomic mass is 79.9. The van der Waals surface area contributed by atoms with Crippen LogP contribution in [0.4, 0.5) is 5.69 Å². The molecule has 30 heavy (non-hydrogen) atoms. The summed E-state index contributed by atoms with van der Waals surface area (Å²) in [7, 11) is 0. The summed E-state index contributed by atoms with van der Waals surface area (Å²) in [6, 6.07) is 23.7. The molecule has 1 N–H and O–H groups in total. The lowest BCUT2D eigenvalue weighted by molar-refractivity contribution is 0.0976. The number of rotatable bonds is 10. The first kappa shape index (κ1) is 22.1. The van der Waals surface area contributed by atoms with Gasteiger partial charge in [-0.1, -0.05) is 71.2 Å². The van der Waals surface area contributed by atoms with Gasteiger partial charge in [-0.05, 0) is 55.3 Å². The monoisotopic (exact) mass is 465 g/mol. The third-order valence-corrected chi connectivity index (χ3v) is 5.53. The van der Waals surface area contributed by atoms with E-state index in [1.165, 1.54) is 0 Å². The first-order chi connectivity index (χ1) is 14.5. The van der Waals surface area contributed by atoms with Crippen molar-refractivity contribution < 1.29 is 9.53 Å². The number of halogens is 1. The first-order valence-electron chi connectivity index (χ1n) is 10.4. The molecule has 0 amide bonds. The number of anilines is 1. The molecule has 0 unspecified atom stereocenters. The molecule has 0 fully saturated rings. The predicted octanol–water partition coefficient (Wildman–Crippen LogP) is 7.36. The fourth-order valence-corrected chi connectivity index (χ4v) is 3.44. The van der Waals surface area contributed by atoms with E-state index in [1.54, 1.807) is 0 Å². The Labute approximate surface area is 187 Å². The molecular formula is C26H28BrNO2. The van der Waals surface area contributed by atoms with Crippen LogP contribution in [0.1, 0.15) is 53.7 Å². The molecular weight excluding hydrogens is 438 g/mol. The number of carbonyl (C=O) groups excluding carboxylic acids is 1. The van der Waals surface area contributed by atoms with Gasteiger partial charge in [0.05, 0.1) is 12.6 Å². The summed E-state index contributed by atoms with van der Waals surface area (Å²) in [5.41, 5.74) is 3.92. The molecule has 0 spiro atoms. The molecule has 0 aliphatic rings. The molecule has 0 radical (unpaired) electrons. The maximum Gasteiger partial charge on any atom is 0.165 e. The molecule has 0 aromatic heterocycles. The third-order valence-electron chi connectivity index (χ3n) is 5.00. The van der Waals surface area contributed by atoms with E-state index in [-0.39, 0.29) is 11.8 Å². The molecule has 0 aliphatic carbocycles. The second-order valence-electron chi connectivity index (χ2n) is 7.47. The first-order valence-corrected chi connectivity index (χ1v) is 11.2. The number of ether oxygens (including phenoxy) is 1. The average molecular weight is 466 g/mol. The molecule has 3 rings (SSSR count). The van der Waals surface area contributed by atoms with Gasteiger partial charge < -0.3 is 10.1 Å². The Hall–Kier alpha value is -2.59. The number of unbranched alkanes of at least 4 members (excludes halogenated alkanes) is 1. The second kappa shape index (κ2) is 11.0. The Morgan fingerprint density at radius 1 is 0.967 bits per heavy atom. The molecule has 0 aliphatic heterocycles. The minimum absolute atomic E-state index is 0.118. The van der Waals surface area contributed by atoms with Crippen LogP contribution in [0.25, 0.3) is 0 Å². The number of ketones is 1. The fraction of sp³-hybridized carbons (Fsp3) is 0.269. The van der Waals surface area contributed by atoms with Crippen LogP contribution in [0.2, 0.25) is 0 Å². The molecule has 1 atom stereocenters. The van der Waals surface area contributed by atoms with Gasteiger partial charge in [-0.2, -0.15) is 0 Å². The van der Waals surface area contributed by atoms with Gasteiger partial charge in [0.25, 0.3) is 0 Å². The van der Waals surface area contributed by atoms with Crippen molar-refractivity contribution in [3.8, 4) is 5.75 Å². The molecule has 3 aromatic carbocycles. The largest absolute Gasteiger partial charge is 0.494 e. The number of nitrogens with one attached hydrogen (secondary N) is 1. The van der Waals surface area contributed by atoms with Crippen LogP contribution in [-0.2, 0) is 0 Å². The highest BCUT2D eigenvalue weighted by Crippen LogP contribution is 2.27. The zero-order valence-corrected chi connectivity index (χ0v) is 19.1. The molecule has 0 saturated heterocycles. The van der Waals surface area contributed by atoms with Gasteiger partial charge in [-0.15, -0.1) is 0 Å². The highest BCUT2D eigenvalue weighted by molar-refractivity contribution is 9.10. The number of hydrogen-bond donors (Lipinski definition) is 1. The van der Waals surface area contributed by atoms with Crippen LogP contribution < -0.4 is 10.1 Å². The van der Waals surface area contributed by atoms with Crippen molar-refractivity contribution in [2.75, 3.05) is 11.9 Å². The average Bonchev–Trinajstić information content (AvgIpc) is 2.76. The zero-order valence-electron chi connectivity index (χ0n) is 17.5. The third kappa shape index (κ3) is 6.46. The molecule has 3 aromatic rings. The highest BCUT2D eigenvalue weighted by Gasteiger charge is 2.18. The van der Waals surface area contributed by atoms with Gasteiger partial charge in [0.1, 0.15) is 5.75 Å². The van der Waals surface area contributed by atoms with E-state index in [9.17, 15) is 4.79 Å². The standard InChI is InChI=1S/C26H28BrNO2/c1-3-4-17-30-24-15-9-20(10-16-24)25(28-23-13-11-22(27)12-14-23)18-26(29)21-7-5-19(2)6-8-21/h5-16,25,28H,3-4,17-18H2,1-2H3/t25-/m1/s1. The lowest BCUT2D eigenvalue weighted by atomic mass is 9.97. The second-order valence-corrected chi connectivity index (χ2v) is 8.38. The van der Waals surface area contributed by atoms with E-state index >= 15 is 0 Å². The minimum Gasteiger partial charge on any atom is -0.494 e. The van der Waals surface area contributed by atoms with Crippen molar-refractivity contribution in [3.63, 3.8) is 0 Å². The minimum atomic E-state index is -0.135. The van der Waals surface area contributed by atoms with Gasteiger partial charge >= 0.3 is 0 Å². The Morgan fingerprint density at radius 2 is 1.63 bits per heavy atom. The fourth-order valence-electron chi connectivity index (χ4n) is 3.17. The Bertz CT molecular complexity index is 934. The molecule has 0 bridgehead atoms. The van der Waals surface area contributed by atoms with Crippen molar-refractivity contribution in [1.82, 2.24) is 0 Å². The van der Waals surface area contributed by atoms with E-state index in [0.717, 1.165) is 52.0 Å². The quantitative estimate of drug-likeness (QED) is 0.251. The van der Waals surface area contributed by atoms with E-state index in [4.69, 9.17) is 4.74 Å². The van der Waals surface area contributed by atoms with Crippen LogP contribution in [0.3, 0.4) is 0 Å². The van der Waals surface area contributed by atoms with Gasteiger partial charge in [0.2, 0.25) is 0 Å². The SMILES string of the molecule is CCCCOc1ccc([C@@H](CC(=O)c2ccc(C)cc2)Nc2ccc(Br)cc2)cc1.